The van der Waals surface area contributed by atoms with E-state index in [4.69, 9.17) is 9.78 Å². The average Bonchev–Trinajstić information content (AvgIpc) is 2.89. The van der Waals surface area contributed by atoms with E-state index in [1.807, 2.05) is 0 Å². The molecule has 0 saturated carbocycles. The zero-order valence-corrected chi connectivity index (χ0v) is 11.5. The third-order valence-corrected chi connectivity index (χ3v) is 4.42. The van der Waals surface area contributed by atoms with Crippen molar-refractivity contribution in [3.8, 4) is 5.75 Å². The molecule has 1 heterocycles. The molecular weight excluding hydrogens is 280 g/mol. The summed E-state index contributed by atoms with van der Waals surface area (Å²) >= 11 is 3.73. The first-order valence-corrected chi connectivity index (χ1v) is 6.92. The van der Waals surface area contributed by atoms with Crippen LogP contribution >= 0.6 is 15.9 Å². The van der Waals surface area contributed by atoms with E-state index in [9.17, 15) is 0 Å². The van der Waals surface area contributed by atoms with Crippen molar-refractivity contribution < 1.29 is 9.78 Å². The highest BCUT2D eigenvalue weighted by molar-refractivity contribution is 9.15. The monoisotopic (exact) mass is 294 g/mol. The molecule has 1 aliphatic heterocycles. The molecule has 0 aromatic heterocycles. The number of allylic oxidation sites excluding steroid dienone is 1. The van der Waals surface area contributed by atoms with E-state index in [1.54, 1.807) is 0 Å². The summed E-state index contributed by atoms with van der Waals surface area (Å²) in [5.74, 6) is 0.873. The Kier molecular flexibility index (Phi) is 2.97. The lowest BCUT2D eigenvalue weighted by molar-refractivity contribution is -0.194. The first-order chi connectivity index (χ1) is 8.29. The molecule has 0 fully saturated rings. The van der Waals surface area contributed by atoms with Crippen LogP contribution in [-0.4, -0.2) is 0 Å². The summed E-state index contributed by atoms with van der Waals surface area (Å²) in [6, 6.07) is 4.32. The topological polar surface area (TPSA) is 18.5 Å². The zero-order valence-electron chi connectivity index (χ0n) is 9.88. The molecule has 0 atom stereocenters. The van der Waals surface area contributed by atoms with Crippen LogP contribution in [0.4, 0.5) is 0 Å². The number of rotatable bonds is 3. The van der Waals surface area contributed by atoms with Gasteiger partial charge in [0.2, 0.25) is 0 Å². The van der Waals surface area contributed by atoms with Gasteiger partial charge in [-0.1, -0.05) is 34.8 Å². The largest absolute Gasteiger partial charge is 0.337 e. The summed E-state index contributed by atoms with van der Waals surface area (Å²) < 4.78 is 1.26. The first kappa shape index (κ1) is 11.3. The molecule has 0 radical (unpaired) electrons. The van der Waals surface area contributed by atoms with Gasteiger partial charge in [0.25, 0.3) is 0 Å². The molecule has 0 N–H and O–H groups in total. The van der Waals surface area contributed by atoms with Gasteiger partial charge < -0.3 is 4.89 Å². The summed E-state index contributed by atoms with van der Waals surface area (Å²) in [5.41, 5.74) is 5.36. The minimum Gasteiger partial charge on any atom is -0.337 e. The Morgan fingerprint density at radius 3 is 3.00 bits per heavy atom. The van der Waals surface area contributed by atoms with Crippen molar-refractivity contribution in [1.82, 2.24) is 0 Å². The molecule has 0 saturated heterocycles. The maximum atomic E-state index is 5.14. The molecule has 90 valence electrons. The molecule has 0 bridgehead atoms. The van der Waals surface area contributed by atoms with Crippen molar-refractivity contribution in [1.29, 1.82) is 0 Å². The van der Waals surface area contributed by atoms with Crippen molar-refractivity contribution >= 4 is 20.4 Å². The normalized spacial score (nSPS) is 17.1. The van der Waals surface area contributed by atoms with E-state index < -0.39 is 0 Å². The van der Waals surface area contributed by atoms with E-state index >= 15 is 0 Å². The SMILES string of the molecule is CCCCC1=C(Br)c2cc3c(cc2C1)COO3. The molecule has 0 unspecified atom stereocenters. The number of benzene rings is 1. The fourth-order valence-corrected chi connectivity index (χ4v) is 3.17. The van der Waals surface area contributed by atoms with Gasteiger partial charge >= 0.3 is 0 Å². The van der Waals surface area contributed by atoms with Crippen molar-refractivity contribution in [2.75, 3.05) is 0 Å². The van der Waals surface area contributed by atoms with Gasteiger partial charge in [0.05, 0.1) is 0 Å². The van der Waals surface area contributed by atoms with Gasteiger partial charge in [0.15, 0.2) is 5.75 Å². The highest BCUT2D eigenvalue weighted by atomic mass is 79.9. The Labute approximate surface area is 110 Å². The molecule has 2 nitrogen and oxygen atoms in total. The fraction of sp³-hybridized carbons (Fsp3) is 0.429. The summed E-state index contributed by atoms with van der Waals surface area (Å²) in [6.07, 6.45) is 4.77. The lowest BCUT2D eigenvalue weighted by Gasteiger charge is -2.02. The van der Waals surface area contributed by atoms with Crippen LogP contribution in [0.5, 0.6) is 5.75 Å². The standard InChI is InChI=1S/C14H15BrO2/c1-2-3-4-9-5-10-6-11-8-16-17-13(11)7-12(10)14(9)15/h6-7H,2-5,8H2,1H3. The summed E-state index contributed by atoms with van der Waals surface area (Å²) in [4.78, 5) is 10.1. The highest BCUT2D eigenvalue weighted by Gasteiger charge is 2.24. The van der Waals surface area contributed by atoms with Crippen LogP contribution in [0.2, 0.25) is 0 Å². The van der Waals surface area contributed by atoms with Crippen molar-refractivity contribution in [2.24, 2.45) is 0 Å². The summed E-state index contributed by atoms with van der Waals surface area (Å²) in [5, 5.41) is 0. The van der Waals surface area contributed by atoms with Crippen LogP contribution in [0.15, 0.2) is 17.7 Å². The molecule has 1 aromatic rings. The van der Waals surface area contributed by atoms with Crippen molar-refractivity contribution in [3.05, 3.63) is 34.4 Å². The van der Waals surface area contributed by atoms with Gasteiger partial charge in [-0.25, -0.2) is 0 Å². The number of halogens is 1. The Morgan fingerprint density at radius 1 is 1.29 bits per heavy atom. The predicted octanol–water partition coefficient (Wildman–Crippen LogP) is 4.36. The Balaban J connectivity index is 1.93. The van der Waals surface area contributed by atoms with Crippen LogP contribution in [0, 0.1) is 0 Å². The fourth-order valence-electron chi connectivity index (χ4n) is 2.46. The molecule has 1 aliphatic carbocycles. The second kappa shape index (κ2) is 4.46. The van der Waals surface area contributed by atoms with E-state index in [0.717, 1.165) is 12.2 Å². The van der Waals surface area contributed by atoms with E-state index in [-0.39, 0.29) is 0 Å². The van der Waals surface area contributed by atoms with Gasteiger partial charge in [-0.3, -0.25) is 0 Å². The first-order valence-electron chi connectivity index (χ1n) is 6.12. The van der Waals surface area contributed by atoms with Crippen LogP contribution in [-0.2, 0) is 17.9 Å². The minimum atomic E-state index is 0.574. The van der Waals surface area contributed by atoms with Crippen LogP contribution in [0.25, 0.3) is 4.48 Å². The van der Waals surface area contributed by atoms with Crippen LogP contribution < -0.4 is 4.89 Å². The predicted molar refractivity (Wildman–Crippen MR) is 70.9 cm³/mol. The van der Waals surface area contributed by atoms with Crippen molar-refractivity contribution in [2.45, 2.75) is 39.2 Å². The smallest absolute Gasteiger partial charge is 0.171 e. The molecule has 0 spiro atoms. The van der Waals surface area contributed by atoms with Gasteiger partial charge in [-0.05, 0) is 42.5 Å². The zero-order chi connectivity index (χ0) is 11.8. The van der Waals surface area contributed by atoms with Gasteiger partial charge in [-0.15, -0.1) is 0 Å². The van der Waals surface area contributed by atoms with Gasteiger partial charge in [-0.2, -0.15) is 4.89 Å². The van der Waals surface area contributed by atoms with E-state index in [2.05, 4.69) is 35.0 Å². The average molecular weight is 295 g/mol. The van der Waals surface area contributed by atoms with E-state index in [1.165, 1.54) is 46.0 Å². The second-order valence-electron chi connectivity index (χ2n) is 4.66. The summed E-state index contributed by atoms with van der Waals surface area (Å²) in [6.45, 7) is 2.81. The molecule has 2 aliphatic rings. The number of unbranched alkanes of at least 4 members (excludes halogenated alkanes) is 1. The van der Waals surface area contributed by atoms with E-state index in [0.29, 0.717) is 6.61 Å². The third kappa shape index (κ3) is 1.91. The third-order valence-electron chi connectivity index (χ3n) is 3.43. The van der Waals surface area contributed by atoms with Gasteiger partial charge in [0.1, 0.15) is 6.61 Å². The highest BCUT2D eigenvalue weighted by Crippen LogP contribution is 2.43. The minimum absolute atomic E-state index is 0.574. The van der Waals surface area contributed by atoms with Crippen LogP contribution in [0.1, 0.15) is 42.9 Å². The molecular formula is C14H15BrO2. The maximum Gasteiger partial charge on any atom is 0.171 e. The quantitative estimate of drug-likeness (QED) is 0.771. The maximum absolute atomic E-state index is 5.14. The number of hydrogen-bond acceptors (Lipinski definition) is 2. The molecule has 3 heteroatoms. The molecule has 0 amide bonds. The Hall–Kier alpha value is -0.800. The molecule has 1 aromatic carbocycles. The lowest BCUT2D eigenvalue weighted by Crippen LogP contribution is -1.87. The number of fused-ring (bicyclic) bond motifs is 2. The lowest BCUT2D eigenvalue weighted by atomic mass is 10.0. The Morgan fingerprint density at radius 2 is 2.18 bits per heavy atom. The molecule has 17 heavy (non-hydrogen) atoms. The Bertz CT molecular complexity index is 491. The molecule has 3 rings (SSSR count). The number of hydrogen-bond donors (Lipinski definition) is 0. The second-order valence-corrected chi connectivity index (χ2v) is 5.45. The summed E-state index contributed by atoms with van der Waals surface area (Å²) in [7, 11) is 0. The van der Waals surface area contributed by atoms with Crippen molar-refractivity contribution in [3.63, 3.8) is 0 Å². The van der Waals surface area contributed by atoms with Gasteiger partial charge in [0, 0.05) is 10.0 Å². The van der Waals surface area contributed by atoms with Crippen LogP contribution in [0.3, 0.4) is 0 Å².